The standard InChI is InChI=1S/C14H14N2O4/c17-14(15-18)13-9-12(20-16-13)10-19-8-4-7-11-5-2-1-3-6-11/h1-3,5-6,9H,4,7-8,10H2. The van der Waals surface area contributed by atoms with Crippen molar-refractivity contribution >= 4 is 5.91 Å². The van der Waals surface area contributed by atoms with Crippen molar-refractivity contribution in [3.05, 3.63) is 58.3 Å². The van der Waals surface area contributed by atoms with Crippen molar-refractivity contribution in [2.45, 2.75) is 19.4 Å². The Labute approximate surface area is 115 Å². The minimum atomic E-state index is -0.941. The van der Waals surface area contributed by atoms with E-state index in [1.165, 1.54) is 11.6 Å². The molecule has 0 aliphatic heterocycles. The van der Waals surface area contributed by atoms with Crippen molar-refractivity contribution in [1.29, 1.82) is 0 Å². The van der Waals surface area contributed by atoms with Crippen LogP contribution in [0, 0.1) is 4.91 Å². The zero-order valence-electron chi connectivity index (χ0n) is 10.8. The summed E-state index contributed by atoms with van der Waals surface area (Å²) < 4.78 is 10.3. The fraction of sp³-hybridized carbons (Fsp3) is 0.286. The maximum atomic E-state index is 10.9. The summed E-state index contributed by atoms with van der Waals surface area (Å²) in [7, 11) is 0. The summed E-state index contributed by atoms with van der Waals surface area (Å²) in [6.07, 6.45) is 1.83. The molecule has 0 spiro atoms. The third kappa shape index (κ3) is 4.10. The molecule has 1 aromatic heterocycles. The Morgan fingerprint density at radius 1 is 1.30 bits per heavy atom. The molecule has 20 heavy (non-hydrogen) atoms. The second-order valence-corrected chi connectivity index (χ2v) is 4.22. The molecule has 0 fully saturated rings. The van der Waals surface area contributed by atoms with Crippen LogP contribution in [0.3, 0.4) is 0 Å². The average molecular weight is 274 g/mol. The SMILES string of the molecule is O=NC(=O)c1cc(COCCCc2ccccc2)on1. The number of ether oxygens (including phenoxy) is 1. The van der Waals surface area contributed by atoms with E-state index >= 15 is 0 Å². The number of carbonyl (C=O) groups is 1. The highest BCUT2D eigenvalue weighted by Gasteiger charge is 2.12. The molecule has 0 saturated carbocycles. The highest BCUT2D eigenvalue weighted by molar-refractivity contribution is 5.92. The number of amides is 1. The molecule has 2 aromatic rings. The number of aryl methyl sites for hydroxylation is 1. The first-order valence-electron chi connectivity index (χ1n) is 6.24. The van der Waals surface area contributed by atoms with Gasteiger partial charge in [0.2, 0.25) is 0 Å². The Morgan fingerprint density at radius 2 is 2.10 bits per heavy atom. The van der Waals surface area contributed by atoms with Crippen LogP contribution in [-0.4, -0.2) is 17.7 Å². The molecule has 2 rings (SSSR count). The van der Waals surface area contributed by atoms with Crippen LogP contribution in [0.15, 0.2) is 46.1 Å². The molecule has 6 nitrogen and oxygen atoms in total. The summed E-state index contributed by atoms with van der Waals surface area (Å²) in [5.41, 5.74) is 1.17. The van der Waals surface area contributed by atoms with Crippen LogP contribution in [0.2, 0.25) is 0 Å². The molecule has 0 atom stereocenters. The predicted molar refractivity (Wildman–Crippen MR) is 71.0 cm³/mol. The van der Waals surface area contributed by atoms with E-state index in [4.69, 9.17) is 9.26 Å². The van der Waals surface area contributed by atoms with Crippen molar-refractivity contribution in [2.24, 2.45) is 5.18 Å². The summed E-state index contributed by atoms with van der Waals surface area (Å²) in [5, 5.41) is 5.70. The molecule has 0 aliphatic carbocycles. The van der Waals surface area contributed by atoms with E-state index in [2.05, 4.69) is 22.5 Å². The molecule has 1 amide bonds. The first-order chi connectivity index (χ1) is 9.79. The maximum absolute atomic E-state index is 10.9. The fourth-order valence-electron chi connectivity index (χ4n) is 1.72. The number of nitrogens with zero attached hydrogens (tertiary/aromatic N) is 2. The van der Waals surface area contributed by atoms with Gasteiger partial charge in [-0.1, -0.05) is 35.5 Å². The summed E-state index contributed by atoms with van der Waals surface area (Å²) in [4.78, 5) is 21.0. The van der Waals surface area contributed by atoms with E-state index in [-0.39, 0.29) is 12.3 Å². The summed E-state index contributed by atoms with van der Waals surface area (Å²) >= 11 is 0. The number of carbonyl (C=O) groups excluding carboxylic acids is 1. The first-order valence-corrected chi connectivity index (χ1v) is 6.24. The molecule has 0 radical (unpaired) electrons. The summed E-state index contributed by atoms with van der Waals surface area (Å²) in [6, 6.07) is 11.5. The zero-order valence-corrected chi connectivity index (χ0v) is 10.8. The topological polar surface area (TPSA) is 81.8 Å². The Kier molecular flexibility index (Phi) is 5.14. The number of aromatic nitrogens is 1. The van der Waals surface area contributed by atoms with E-state index in [0.29, 0.717) is 12.4 Å². The van der Waals surface area contributed by atoms with Crippen molar-refractivity contribution in [1.82, 2.24) is 5.16 Å². The van der Waals surface area contributed by atoms with Crippen LogP contribution >= 0.6 is 0 Å². The van der Waals surface area contributed by atoms with Crippen LogP contribution in [-0.2, 0) is 17.8 Å². The Morgan fingerprint density at radius 3 is 2.85 bits per heavy atom. The van der Waals surface area contributed by atoms with Crippen molar-refractivity contribution < 1.29 is 14.1 Å². The monoisotopic (exact) mass is 274 g/mol. The Balaban J connectivity index is 1.67. The van der Waals surface area contributed by atoms with E-state index < -0.39 is 5.91 Å². The van der Waals surface area contributed by atoms with Gasteiger partial charge in [0, 0.05) is 17.9 Å². The van der Waals surface area contributed by atoms with E-state index in [1.807, 2.05) is 18.2 Å². The second-order valence-electron chi connectivity index (χ2n) is 4.22. The van der Waals surface area contributed by atoms with Gasteiger partial charge in [-0.3, -0.25) is 4.79 Å². The number of hydrogen-bond donors (Lipinski definition) is 0. The van der Waals surface area contributed by atoms with Crippen molar-refractivity contribution in [3.8, 4) is 0 Å². The van der Waals surface area contributed by atoms with Gasteiger partial charge in [0.05, 0.1) is 0 Å². The molecule has 0 saturated heterocycles. The minimum absolute atomic E-state index is 0.0946. The van der Waals surface area contributed by atoms with Crippen LogP contribution in [0.25, 0.3) is 0 Å². The summed E-state index contributed by atoms with van der Waals surface area (Å²) in [6.45, 7) is 0.790. The van der Waals surface area contributed by atoms with E-state index in [0.717, 1.165) is 12.8 Å². The maximum Gasteiger partial charge on any atom is 0.338 e. The van der Waals surface area contributed by atoms with Crippen LogP contribution in [0.1, 0.15) is 28.2 Å². The van der Waals surface area contributed by atoms with E-state index in [1.54, 1.807) is 0 Å². The lowest BCUT2D eigenvalue weighted by molar-refractivity contribution is 0.0971. The van der Waals surface area contributed by atoms with Crippen molar-refractivity contribution in [3.63, 3.8) is 0 Å². The molecule has 0 unspecified atom stereocenters. The predicted octanol–water partition coefficient (Wildman–Crippen LogP) is 2.73. The van der Waals surface area contributed by atoms with Gasteiger partial charge in [-0.05, 0) is 18.4 Å². The van der Waals surface area contributed by atoms with Crippen LogP contribution < -0.4 is 0 Å². The average Bonchev–Trinajstić information content (AvgIpc) is 2.96. The minimum Gasteiger partial charge on any atom is -0.373 e. The molecule has 0 bridgehead atoms. The Bertz CT molecular complexity index is 566. The lowest BCUT2D eigenvalue weighted by Gasteiger charge is -2.02. The number of hydrogen-bond acceptors (Lipinski definition) is 5. The molecule has 6 heteroatoms. The number of rotatable bonds is 7. The molecule has 0 N–H and O–H groups in total. The van der Waals surface area contributed by atoms with Gasteiger partial charge in [0.1, 0.15) is 6.61 Å². The van der Waals surface area contributed by atoms with E-state index in [9.17, 15) is 9.70 Å². The van der Waals surface area contributed by atoms with Gasteiger partial charge in [0.25, 0.3) is 0 Å². The first kappa shape index (κ1) is 14.1. The molecule has 0 aliphatic rings. The molecular weight excluding hydrogens is 260 g/mol. The highest BCUT2D eigenvalue weighted by atomic mass is 16.5. The molecular formula is C14H14N2O4. The van der Waals surface area contributed by atoms with Crippen LogP contribution in [0.4, 0.5) is 0 Å². The highest BCUT2D eigenvalue weighted by Crippen LogP contribution is 2.07. The quantitative estimate of drug-likeness (QED) is 0.572. The second kappa shape index (κ2) is 7.30. The van der Waals surface area contributed by atoms with Gasteiger partial charge < -0.3 is 9.26 Å². The Hall–Kier alpha value is -2.34. The molecule has 1 heterocycles. The van der Waals surface area contributed by atoms with Crippen molar-refractivity contribution in [2.75, 3.05) is 6.61 Å². The lowest BCUT2D eigenvalue weighted by atomic mass is 10.1. The third-order valence-electron chi connectivity index (χ3n) is 2.70. The van der Waals surface area contributed by atoms with Gasteiger partial charge in [-0.25, -0.2) is 0 Å². The van der Waals surface area contributed by atoms with Gasteiger partial charge >= 0.3 is 5.91 Å². The molecule has 104 valence electrons. The van der Waals surface area contributed by atoms with Crippen LogP contribution in [0.5, 0.6) is 0 Å². The normalized spacial score (nSPS) is 10.4. The van der Waals surface area contributed by atoms with Gasteiger partial charge in [-0.2, -0.15) is 0 Å². The fourth-order valence-corrected chi connectivity index (χ4v) is 1.72. The largest absolute Gasteiger partial charge is 0.373 e. The smallest absolute Gasteiger partial charge is 0.338 e. The van der Waals surface area contributed by atoms with Gasteiger partial charge in [0.15, 0.2) is 11.5 Å². The van der Waals surface area contributed by atoms with Gasteiger partial charge in [-0.15, -0.1) is 4.91 Å². The number of nitroso groups, excluding NO2 is 1. The summed E-state index contributed by atoms with van der Waals surface area (Å²) in [5.74, 6) is -0.541. The third-order valence-corrected chi connectivity index (χ3v) is 2.70. The zero-order chi connectivity index (χ0) is 14.2. The lowest BCUT2D eigenvalue weighted by Crippen LogP contribution is -1.97. The number of benzene rings is 1. The molecule has 1 aromatic carbocycles.